The van der Waals surface area contributed by atoms with Crippen LogP contribution >= 0.6 is 0 Å². The molecule has 4 heterocycles. The van der Waals surface area contributed by atoms with E-state index in [9.17, 15) is 0 Å². The smallest absolute Gasteiger partial charge is 0.134 e. The predicted octanol–water partition coefficient (Wildman–Crippen LogP) is 28.2. The van der Waals surface area contributed by atoms with Gasteiger partial charge in [0.1, 0.15) is 88.9 Å². The van der Waals surface area contributed by atoms with Crippen molar-refractivity contribution in [3.8, 4) is 46.0 Å². The van der Waals surface area contributed by atoms with E-state index in [0.29, 0.717) is 42.9 Å². The van der Waals surface area contributed by atoms with Gasteiger partial charge in [-0.15, -0.1) is 0 Å². The van der Waals surface area contributed by atoms with Crippen LogP contribution in [0.15, 0.2) is 263 Å². The highest BCUT2D eigenvalue weighted by atomic mass is 16.5. The van der Waals surface area contributed by atoms with Crippen molar-refractivity contribution < 1.29 is 37.9 Å². The van der Waals surface area contributed by atoms with E-state index in [2.05, 4.69) is 193 Å². The summed E-state index contributed by atoms with van der Waals surface area (Å²) in [5, 5.41) is 0. The summed E-state index contributed by atoms with van der Waals surface area (Å²) >= 11 is 0. The van der Waals surface area contributed by atoms with Crippen LogP contribution in [-0.4, -0.2) is 26.9 Å². The molecule has 0 fully saturated rings. The molecule has 4 aromatic rings. The van der Waals surface area contributed by atoms with Crippen LogP contribution in [0.25, 0.3) is 24.3 Å². The van der Waals surface area contributed by atoms with Crippen LogP contribution in [0.2, 0.25) is 0 Å². The average molecular weight is 1380 g/mol. The SMILES string of the molecule is C=C1C=Cc2cc(OC)ccc2O1.C=C1C=Cc2cc(OC/C=C(\C)CCC=C(C)C)ccc2O1.C=C1C=Cc2cc(OCC=C(C)C)ccc2O1.C=C1C=Cc2cc(OCC=C(C)C)ccc2O1.CC/C=C(\C)CC/C=C(\C)CCC=C(C)C.CCC/C=C(\C)CC/C=C(\C)CCC=C(C)C. The molecular formula is C94H124O8. The monoisotopic (exact) mass is 1380 g/mol. The van der Waals surface area contributed by atoms with Crippen LogP contribution in [0.4, 0.5) is 0 Å². The second-order valence-electron chi connectivity index (χ2n) is 27.1. The highest BCUT2D eigenvalue weighted by Gasteiger charge is 2.13. The Kier molecular flexibility index (Phi) is 42.6. The molecule has 0 unspecified atom stereocenters. The first kappa shape index (κ1) is 86.8. The molecule has 0 spiro atoms. The number of methoxy groups -OCH3 is 1. The number of unbranched alkanes of at least 4 members (excludes halogenated alkanes) is 1. The molecule has 102 heavy (non-hydrogen) atoms. The normalized spacial score (nSPS) is 13.0. The lowest BCUT2D eigenvalue weighted by atomic mass is 10.1. The zero-order valence-corrected chi connectivity index (χ0v) is 65.7. The van der Waals surface area contributed by atoms with Crippen LogP contribution in [0.5, 0.6) is 46.0 Å². The Labute approximate surface area is 618 Å². The van der Waals surface area contributed by atoms with Crippen LogP contribution in [0.1, 0.15) is 223 Å². The zero-order chi connectivity index (χ0) is 75.2. The molecule has 0 atom stereocenters. The fourth-order valence-electron chi connectivity index (χ4n) is 9.82. The summed E-state index contributed by atoms with van der Waals surface area (Å²) in [5.41, 5.74) is 18.3. The summed E-state index contributed by atoms with van der Waals surface area (Å²) in [6, 6.07) is 23.1. The first-order chi connectivity index (χ1) is 48.7. The molecule has 4 aliphatic heterocycles. The van der Waals surface area contributed by atoms with Gasteiger partial charge in [-0.1, -0.05) is 145 Å². The molecule has 8 heteroatoms. The highest BCUT2D eigenvalue weighted by molar-refractivity contribution is 5.67. The van der Waals surface area contributed by atoms with Gasteiger partial charge in [0.25, 0.3) is 0 Å². The maximum absolute atomic E-state index is 5.79. The largest absolute Gasteiger partial charge is 0.497 e. The molecule has 0 aromatic heterocycles. The zero-order valence-electron chi connectivity index (χ0n) is 65.7. The summed E-state index contributed by atoms with van der Waals surface area (Å²) < 4.78 is 44.0. The first-order valence-corrected chi connectivity index (χ1v) is 36.4. The number of hydrogen-bond acceptors (Lipinski definition) is 8. The molecule has 4 aliphatic rings. The third-order valence-electron chi connectivity index (χ3n) is 15.8. The molecule has 548 valence electrons. The molecule has 0 saturated heterocycles. The number of rotatable bonds is 28. The Morgan fingerprint density at radius 2 is 0.559 bits per heavy atom. The lowest BCUT2D eigenvalue weighted by molar-refractivity contribution is 0.360. The lowest BCUT2D eigenvalue weighted by Crippen LogP contribution is -1.99. The average Bonchev–Trinajstić information content (AvgIpc) is 0.864. The molecular weight excluding hydrogens is 1260 g/mol. The van der Waals surface area contributed by atoms with E-state index in [1.807, 2.05) is 134 Å². The van der Waals surface area contributed by atoms with Gasteiger partial charge in [-0.05, 0) is 321 Å². The van der Waals surface area contributed by atoms with Crippen LogP contribution < -0.4 is 37.9 Å². The fraction of sp³-hybridized carbons (Fsp3) is 0.362. The lowest BCUT2D eigenvalue weighted by Gasteiger charge is -2.14. The molecule has 0 amide bonds. The van der Waals surface area contributed by atoms with Crippen molar-refractivity contribution >= 4 is 24.3 Å². The van der Waals surface area contributed by atoms with Gasteiger partial charge >= 0.3 is 0 Å². The maximum atomic E-state index is 5.79. The van der Waals surface area contributed by atoms with Crippen molar-refractivity contribution in [3.05, 3.63) is 285 Å². The van der Waals surface area contributed by atoms with Crippen molar-refractivity contribution in [1.82, 2.24) is 0 Å². The third-order valence-corrected chi connectivity index (χ3v) is 15.8. The van der Waals surface area contributed by atoms with E-state index in [1.165, 1.54) is 114 Å². The molecule has 8 nitrogen and oxygen atoms in total. The van der Waals surface area contributed by atoms with Crippen LogP contribution in [0, 0.1) is 0 Å². The number of benzene rings is 4. The van der Waals surface area contributed by atoms with E-state index < -0.39 is 0 Å². The molecule has 0 saturated carbocycles. The van der Waals surface area contributed by atoms with Gasteiger partial charge in [-0.25, -0.2) is 0 Å². The highest BCUT2D eigenvalue weighted by Crippen LogP contribution is 2.34. The molecule has 0 aliphatic carbocycles. The maximum Gasteiger partial charge on any atom is 0.134 e. The van der Waals surface area contributed by atoms with Gasteiger partial charge < -0.3 is 37.9 Å². The standard InChI is InChI=1S/C20H24O2.C17H30.C16H28.2C15H16O2.C11H10O2/c1-15(2)6-5-7-16(3)12-13-21-19-10-11-20-18(14-19)9-8-17(4)22-20;1-6-7-11-16(4)13-9-14-17(5)12-8-10-15(2)3;1-6-9-15(4)12-8-13-16(5)11-7-10-14(2)3;2*1-11(2)8-9-16-14-6-7-15-13(10-14)5-4-12(3)17-15;1-8-3-4-9-7-10(12-2)5-6-11(9)13-8/h6,8-12,14H,4-5,7,13H2,1-3H3;10-11,14H,6-9,12-13H2,1-5H3;9-10,13H,6-8,11-12H2,1-5H3;2*4-8,10H,3,9H2,1-2H3;3-7H,1H2,2H3/b16-12+;16-11+,17-14+;15-9+,16-13+;;;. The van der Waals surface area contributed by atoms with E-state index in [0.717, 1.165) is 87.5 Å². The number of fused-ring (bicyclic) bond motifs is 4. The molecule has 8 rings (SSSR count). The molecule has 0 N–H and O–H groups in total. The topological polar surface area (TPSA) is 73.8 Å². The first-order valence-electron chi connectivity index (χ1n) is 36.4. The van der Waals surface area contributed by atoms with Crippen molar-refractivity contribution in [1.29, 1.82) is 0 Å². The van der Waals surface area contributed by atoms with Crippen molar-refractivity contribution in [2.75, 3.05) is 26.9 Å². The van der Waals surface area contributed by atoms with Crippen LogP contribution in [-0.2, 0) is 0 Å². The van der Waals surface area contributed by atoms with E-state index in [-0.39, 0.29) is 0 Å². The van der Waals surface area contributed by atoms with Crippen LogP contribution in [0.3, 0.4) is 0 Å². The summed E-state index contributed by atoms with van der Waals surface area (Å²) in [6.45, 7) is 53.5. The van der Waals surface area contributed by atoms with Crippen molar-refractivity contribution in [2.24, 2.45) is 0 Å². The number of hydrogen-bond donors (Lipinski definition) is 0. The molecule has 4 aromatic carbocycles. The molecule has 0 bridgehead atoms. The van der Waals surface area contributed by atoms with E-state index in [1.54, 1.807) is 12.7 Å². The van der Waals surface area contributed by atoms with E-state index in [4.69, 9.17) is 37.9 Å². The Balaban J connectivity index is 0.000000320. The quantitative estimate of drug-likeness (QED) is 0.0521. The van der Waals surface area contributed by atoms with Crippen molar-refractivity contribution in [3.63, 3.8) is 0 Å². The fourth-order valence-corrected chi connectivity index (χ4v) is 9.82. The van der Waals surface area contributed by atoms with Gasteiger partial charge in [0.15, 0.2) is 0 Å². The van der Waals surface area contributed by atoms with Gasteiger partial charge in [-0.3, -0.25) is 0 Å². The second-order valence-corrected chi connectivity index (χ2v) is 27.1. The summed E-state index contributed by atoms with van der Waals surface area (Å²) in [7, 11) is 1.65. The van der Waals surface area contributed by atoms with E-state index >= 15 is 0 Å². The Hall–Kier alpha value is -9.40. The van der Waals surface area contributed by atoms with Gasteiger partial charge in [-0.2, -0.15) is 0 Å². The summed E-state index contributed by atoms with van der Waals surface area (Å²) in [4.78, 5) is 0. The minimum absolute atomic E-state index is 0.594. The number of allylic oxidation sites excluding steroid dienone is 21. The van der Waals surface area contributed by atoms with Gasteiger partial charge in [0.05, 0.1) is 7.11 Å². The number of ether oxygens (including phenoxy) is 8. The molecule has 0 radical (unpaired) electrons. The Morgan fingerprint density at radius 1 is 0.304 bits per heavy atom. The minimum Gasteiger partial charge on any atom is -0.497 e. The van der Waals surface area contributed by atoms with Gasteiger partial charge in [0.2, 0.25) is 0 Å². The predicted molar refractivity (Wildman–Crippen MR) is 441 cm³/mol. The minimum atomic E-state index is 0.594. The second kappa shape index (κ2) is 50.0. The Morgan fingerprint density at radius 3 is 0.843 bits per heavy atom. The Bertz CT molecular complexity index is 3690. The third kappa shape index (κ3) is 39.6. The summed E-state index contributed by atoms with van der Waals surface area (Å²) in [5.74, 6) is 9.34. The summed E-state index contributed by atoms with van der Waals surface area (Å²) in [6.07, 6.45) is 53.4. The van der Waals surface area contributed by atoms with Crippen molar-refractivity contribution in [2.45, 2.75) is 201 Å². The van der Waals surface area contributed by atoms with Gasteiger partial charge in [0, 0.05) is 22.3 Å².